The van der Waals surface area contributed by atoms with E-state index in [0.29, 0.717) is 33.7 Å². The lowest BCUT2D eigenvalue weighted by Gasteiger charge is -2.25. The number of rotatable bonds is 7. The van der Waals surface area contributed by atoms with Gasteiger partial charge in [-0.05, 0) is 61.8 Å². The van der Waals surface area contributed by atoms with Crippen LogP contribution in [0.1, 0.15) is 24.0 Å². The zero-order valence-corrected chi connectivity index (χ0v) is 24.1. The van der Waals surface area contributed by atoms with Crippen molar-refractivity contribution in [2.24, 2.45) is 0 Å². The predicted molar refractivity (Wildman–Crippen MR) is 153 cm³/mol. The van der Waals surface area contributed by atoms with Crippen LogP contribution in [-0.2, 0) is 27.0 Å². The Balaban J connectivity index is 1.45. The monoisotopic (exact) mass is 648 g/mol. The number of hydrogen-bond acceptors (Lipinski definition) is 8. The lowest BCUT2D eigenvalue weighted by molar-refractivity contribution is -0.201. The molecule has 4 aromatic rings. The number of halogens is 6. The maximum atomic E-state index is 13.1. The Morgan fingerprint density at radius 2 is 1.59 bits per heavy atom. The number of ether oxygens (including phenoxy) is 2. The topological polar surface area (TPSA) is 103 Å². The summed E-state index contributed by atoms with van der Waals surface area (Å²) < 4.78 is 89.7. The number of carbonyl (C=O) groups is 2. The van der Waals surface area contributed by atoms with Crippen LogP contribution in [0.25, 0.3) is 22.2 Å². The maximum Gasteiger partial charge on any atom is 0.493 e. The Labute approximate surface area is 258 Å². The van der Waals surface area contributed by atoms with Gasteiger partial charge in [0.25, 0.3) is 5.91 Å². The smallest absolute Gasteiger partial charge is 0.493 e. The fraction of sp³-hybridized carbons (Fsp3) is 0.290. The summed E-state index contributed by atoms with van der Waals surface area (Å²) in [6.07, 6.45) is -7.83. The van der Waals surface area contributed by atoms with Crippen molar-refractivity contribution < 1.29 is 50.2 Å². The number of hydroxylamine groups is 1. The second-order valence-corrected chi connectivity index (χ2v) is 10.3. The van der Waals surface area contributed by atoms with Crippen LogP contribution < -0.4 is 19.9 Å². The van der Waals surface area contributed by atoms with Gasteiger partial charge in [-0.25, -0.2) is 14.8 Å². The summed E-state index contributed by atoms with van der Waals surface area (Å²) in [5.41, 5.74) is 0.272. The molecule has 0 saturated carbocycles. The van der Waals surface area contributed by atoms with Crippen molar-refractivity contribution in [1.82, 2.24) is 15.3 Å². The maximum absolute atomic E-state index is 13.1. The molecule has 0 spiro atoms. The van der Waals surface area contributed by atoms with E-state index in [1.54, 1.807) is 12.1 Å². The third kappa shape index (κ3) is 7.47. The van der Waals surface area contributed by atoms with Crippen molar-refractivity contribution in [2.45, 2.75) is 37.7 Å². The summed E-state index contributed by atoms with van der Waals surface area (Å²) in [5, 5.41) is 4.01. The molecule has 0 atom stereocenters. The Bertz CT molecular complexity index is 1710. The zero-order valence-electron chi connectivity index (χ0n) is 24.1. The SMILES string of the molecule is COc1cc2ncnc(-c3ccc(N(OC(=O)C(F)(F)F)C(=O)Cc4ccc(C(F)(F)F)cc4)cc3)c2cc1OC1CCNCC1. The number of piperidine rings is 1. The van der Waals surface area contributed by atoms with Crippen LogP contribution >= 0.6 is 0 Å². The summed E-state index contributed by atoms with van der Waals surface area (Å²) in [7, 11) is 1.51. The van der Waals surface area contributed by atoms with Crippen LogP contribution in [0.3, 0.4) is 0 Å². The van der Waals surface area contributed by atoms with Gasteiger partial charge >= 0.3 is 18.3 Å². The number of nitrogens with one attached hydrogen (secondary N) is 1. The van der Waals surface area contributed by atoms with Crippen molar-refractivity contribution in [3.05, 3.63) is 78.1 Å². The Morgan fingerprint density at radius 3 is 2.20 bits per heavy atom. The quantitative estimate of drug-likeness (QED) is 0.191. The summed E-state index contributed by atoms with van der Waals surface area (Å²) in [5.74, 6) is -2.84. The molecule has 1 amide bonds. The van der Waals surface area contributed by atoms with Crippen LogP contribution in [0.2, 0.25) is 0 Å². The van der Waals surface area contributed by atoms with Gasteiger partial charge in [0.15, 0.2) is 11.5 Å². The molecule has 1 fully saturated rings. The van der Waals surface area contributed by atoms with Crippen LogP contribution in [0.4, 0.5) is 32.0 Å². The predicted octanol–water partition coefficient (Wildman–Crippen LogP) is 6.05. The van der Waals surface area contributed by atoms with Gasteiger partial charge in [-0.3, -0.25) is 4.79 Å². The Hall–Kier alpha value is -4.92. The van der Waals surface area contributed by atoms with Crippen molar-refractivity contribution in [3.63, 3.8) is 0 Å². The minimum atomic E-state index is -5.43. The van der Waals surface area contributed by atoms with Gasteiger partial charge in [-0.2, -0.15) is 26.3 Å². The molecule has 5 rings (SSSR count). The van der Waals surface area contributed by atoms with E-state index in [1.807, 2.05) is 0 Å². The summed E-state index contributed by atoms with van der Waals surface area (Å²) in [4.78, 5) is 37.9. The summed E-state index contributed by atoms with van der Waals surface area (Å²) in [6.45, 7) is 1.62. The van der Waals surface area contributed by atoms with Crippen LogP contribution in [0, 0.1) is 0 Å². The first-order chi connectivity index (χ1) is 21.8. The normalized spacial score (nSPS) is 14.2. The number of aromatic nitrogens is 2. The minimum Gasteiger partial charge on any atom is -0.493 e. The van der Waals surface area contributed by atoms with E-state index >= 15 is 0 Å². The molecule has 1 aromatic heterocycles. The molecular weight excluding hydrogens is 622 g/mol. The highest BCUT2D eigenvalue weighted by molar-refractivity contribution is 5.97. The fourth-order valence-electron chi connectivity index (χ4n) is 4.83. The van der Waals surface area contributed by atoms with Crippen molar-refractivity contribution >= 4 is 28.5 Å². The van der Waals surface area contributed by atoms with Crippen molar-refractivity contribution in [3.8, 4) is 22.8 Å². The highest BCUT2D eigenvalue weighted by Gasteiger charge is 2.43. The van der Waals surface area contributed by atoms with E-state index in [0.717, 1.165) is 50.2 Å². The average molecular weight is 649 g/mol. The molecule has 0 bridgehead atoms. The number of nitrogens with zero attached hydrogens (tertiary/aromatic N) is 3. The summed E-state index contributed by atoms with van der Waals surface area (Å²) in [6, 6.07) is 12.3. The number of alkyl halides is 6. The third-order valence-corrected chi connectivity index (χ3v) is 7.14. The molecule has 0 aliphatic carbocycles. The molecular formula is C31H26F6N4O5. The lowest BCUT2D eigenvalue weighted by Crippen LogP contribution is -2.39. The first-order valence-corrected chi connectivity index (χ1v) is 13.9. The molecule has 1 aliphatic rings. The number of benzene rings is 3. The number of fused-ring (bicyclic) bond motifs is 1. The molecule has 0 radical (unpaired) electrons. The number of amides is 1. The fourth-order valence-corrected chi connectivity index (χ4v) is 4.83. The van der Waals surface area contributed by atoms with E-state index in [4.69, 9.17) is 9.47 Å². The van der Waals surface area contributed by atoms with E-state index in [2.05, 4.69) is 20.1 Å². The minimum absolute atomic E-state index is 0.0366. The van der Waals surface area contributed by atoms with Crippen LogP contribution in [0.15, 0.2) is 67.0 Å². The molecule has 2 heterocycles. The molecule has 9 nitrogen and oxygen atoms in total. The van der Waals surface area contributed by atoms with E-state index in [9.17, 15) is 35.9 Å². The first-order valence-electron chi connectivity index (χ1n) is 13.9. The number of hydrogen-bond donors (Lipinski definition) is 1. The van der Waals surface area contributed by atoms with Gasteiger partial charge in [-0.15, -0.1) is 5.06 Å². The largest absolute Gasteiger partial charge is 0.493 e. The van der Waals surface area contributed by atoms with E-state index < -0.39 is 36.2 Å². The van der Waals surface area contributed by atoms with Gasteiger partial charge < -0.3 is 19.6 Å². The first kappa shape index (κ1) is 32.5. The average Bonchev–Trinajstić information content (AvgIpc) is 3.03. The Morgan fingerprint density at radius 1 is 0.913 bits per heavy atom. The summed E-state index contributed by atoms with van der Waals surface area (Å²) >= 11 is 0. The third-order valence-electron chi connectivity index (χ3n) is 7.14. The lowest BCUT2D eigenvalue weighted by atomic mass is 10.0. The van der Waals surface area contributed by atoms with E-state index in [-0.39, 0.29) is 22.4 Å². The van der Waals surface area contributed by atoms with Crippen molar-refractivity contribution in [1.29, 1.82) is 0 Å². The van der Waals surface area contributed by atoms with Gasteiger partial charge in [0.1, 0.15) is 12.4 Å². The van der Waals surface area contributed by atoms with Crippen molar-refractivity contribution in [2.75, 3.05) is 25.3 Å². The second-order valence-electron chi connectivity index (χ2n) is 10.3. The highest BCUT2D eigenvalue weighted by atomic mass is 19.4. The standard InChI is InChI=1S/C31H26F6N4O5/c1-44-25-16-24-23(15-26(25)45-22-10-12-38-13-11-22)28(40-17-39-24)19-4-8-21(9-5-19)41(46-29(43)31(35,36)37)27(42)14-18-2-6-20(7-3-18)30(32,33)34/h2-9,15-17,22,38H,10-14H2,1H3. The zero-order chi connectivity index (χ0) is 33.1. The molecule has 1 saturated heterocycles. The van der Waals surface area contributed by atoms with Gasteiger partial charge in [-0.1, -0.05) is 24.3 Å². The van der Waals surface area contributed by atoms with Gasteiger partial charge in [0.2, 0.25) is 0 Å². The number of carbonyl (C=O) groups excluding carboxylic acids is 2. The molecule has 1 aliphatic heterocycles. The molecule has 0 unspecified atom stereocenters. The molecule has 46 heavy (non-hydrogen) atoms. The molecule has 3 aromatic carbocycles. The van der Waals surface area contributed by atoms with E-state index in [1.165, 1.54) is 37.7 Å². The molecule has 242 valence electrons. The Kier molecular flexibility index (Phi) is 9.32. The van der Waals surface area contributed by atoms with Gasteiger partial charge in [0.05, 0.1) is 36.0 Å². The van der Waals surface area contributed by atoms with Crippen LogP contribution in [-0.4, -0.2) is 54.3 Å². The second kappa shape index (κ2) is 13.2. The molecule has 15 heteroatoms. The number of methoxy groups -OCH3 is 1. The van der Waals surface area contributed by atoms with Gasteiger partial charge in [0, 0.05) is 17.0 Å². The molecule has 1 N–H and O–H groups in total. The van der Waals surface area contributed by atoms with Crippen LogP contribution in [0.5, 0.6) is 11.5 Å². The highest BCUT2D eigenvalue weighted by Crippen LogP contribution is 2.37. The number of anilines is 1.